The summed E-state index contributed by atoms with van der Waals surface area (Å²) in [6.45, 7) is 0.813. The zero-order valence-corrected chi connectivity index (χ0v) is 12.7. The molecule has 20 heavy (non-hydrogen) atoms. The Morgan fingerprint density at radius 3 is 2.55 bits per heavy atom. The minimum atomic E-state index is -2.45. The van der Waals surface area contributed by atoms with Crippen molar-refractivity contribution in [2.75, 3.05) is 13.7 Å². The third-order valence-electron chi connectivity index (χ3n) is 4.48. The second kappa shape index (κ2) is 7.55. The van der Waals surface area contributed by atoms with Gasteiger partial charge in [-0.3, -0.25) is 4.79 Å². The summed E-state index contributed by atoms with van der Waals surface area (Å²) in [5, 5.41) is 3.40. The highest BCUT2D eigenvalue weighted by atomic mass is 35.5. The van der Waals surface area contributed by atoms with Crippen LogP contribution in [0.15, 0.2) is 0 Å². The fourth-order valence-corrected chi connectivity index (χ4v) is 3.30. The van der Waals surface area contributed by atoms with Crippen molar-refractivity contribution < 1.29 is 18.3 Å². The molecule has 2 unspecified atom stereocenters. The van der Waals surface area contributed by atoms with Crippen LogP contribution < -0.4 is 5.32 Å². The van der Waals surface area contributed by atoms with E-state index < -0.39 is 5.92 Å². The summed E-state index contributed by atoms with van der Waals surface area (Å²) >= 11 is 0. The predicted octanol–water partition coefficient (Wildman–Crippen LogP) is 3.17. The third-order valence-corrected chi connectivity index (χ3v) is 4.48. The number of hydrogen-bond acceptors (Lipinski definition) is 3. The molecule has 0 aromatic carbocycles. The molecule has 2 aliphatic rings. The molecule has 1 heterocycles. The second-order valence-electron chi connectivity index (χ2n) is 5.93. The number of carbonyl (C=O) groups is 1. The molecule has 2 fully saturated rings. The number of rotatable bonds is 3. The lowest BCUT2D eigenvalue weighted by atomic mass is 9.80. The van der Waals surface area contributed by atoms with Crippen molar-refractivity contribution >= 4 is 18.4 Å². The van der Waals surface area contributed by atoms with E-state index >= 15 is 0 Å². The highest BCUT2D eigenvalue weighted by Crippen LogP contribution is 2.38. The lowest BCUT2D eigenvalue weighted by Crippen LogP contribution is -2.42. The monoisotopic (exact) mass is 311 g/mol. The van der Waals surface area contributed by atoms with Crippen molar-refractivity contribution in [3.63, 3.8) is 0 Å². The fraction of sp³-hybridized carbons (Fsp3) is 0.929. The summed E-state index contributed by atoms with van der Waals surface area (Å²) in [7, 11) is 1.42. The molecular weight excluding hydrogens is 288 g/mol. The lowest BCUT2D eigenvalue weighted by molar-refractivity contribution is -0.146. The van der Waals surface area contributed by atoms with Crippen LogP contribution in [0.2, 0.25) is 0 Å². The van der Waals surface area contributed by atoms with Gasteiger partial charge in [0, 0.05) is 18.9 Å². The van der Waals surface area contributed by atoms with Crippen LogP contribution in [0.25, 0.3) is 0 Å². The standard InChI is InChI=1S/C14H23F2NO2.ClH/c1-19-13(18)11-4-7-17-12(9-11)8-10-2-5-14(15,16)6-3-10;/h10-12,17H,2-9H2,1H3;1H. The number of carbonyl (C=O) groups excluding carboxylic acids is 1. The first kappa shape index (κ1) is 17.6. The van der Waals surface area contributed by atoms with Gasteiger partial charge in [-0.25, -0.2) is 8.78 Å². The summed E-state index contributed by atoms with van der Waals surface area (Å²) in [5.74, 6) is -2.25. The van der Waals surface area contributed by atoms with E-state index in [9.17, 15) is 13.6 Å². The molecule has 1 aliphatic heterocycles. The number of methoxy groups -OCH3 is 1. The highest BCUT2D eigenvalue weighted by molar-refractivity contribution is 5.85. The first-order chi connectivity index (χ1) is 9.00. The van der Waals surface area contributed by atoms with Crippen LogP contribution in [0, 0.1) is 11.8 Å². The van der Waals surface area contributed by atoms with Crippen LogP contribution in [-0.2, 0) is 9.53 Å². The Morgan fingerprint density at radius 2 is 1.95 bits per heavy atom. The molecule has 1 saturated heterocycles. The van der Waals surface area contributed by atoms with Gasteiger partial charge in [-0.2, -0.15) is 0 Å². The lowest BCUT2D eigenvalue weighted by Gasteiger charge is -2.34. The average Bonchev–Trinajstić information content (AvgIpc) is 2.41. The zero-order chi connectivity index (χ0) is 13.9. The van der Waals surface area contributed by atoms with Gasteiger partial charge in [0.15, 0.2) is 0 Å². The topological polar surface area (TPSA) is 38.3 Å². The van der Waals surface area contributed by atoms with Gasteiger partial charge in [0.2, 0.25) is 5.92 Å². The first-order valence-corrected chi connectivity index (χ1v) is 7.19. The predicted molar refractivity (Wildman–Crippen MR) is 75.3 cm³/mol. The summed E-state index contributed by atoms with van der Waals surface area (Å²) in [5.41, 5.74) is 0. The molecule has 0 aromatic rings. The SMILES string of the molecule is COC(=O)C1CCNC(CC2CCC(F)(F)CC2)C1.Cl. The van der Waals surface area contributed by atoms with Crippen LogP contribution in [0.4, 0.5) is 8.78 Å². The van der Waals surface area contributed by atoms with E-state index in [0.29, 0.717) is 18.8 Å². The van der Waals surface area contributed by atoms with E-state index in [1.807, 2.05) is 0 Å². The molecule has 0 spiro atoms. The number of hydrogen-bond donors (Lipinski definition) is 1. The molecule has 118 valence electrons. The molecule has 2 rings (SSSR count). The van der Waals surface area contributed by atoms with Crippen molar-refractivity contribution in [1.29, 1.82) is 0 Å². The maximum atomic E-state index is 13.1. The molecule has 0 aromatic heterocycles. The van der Waals surface area contributed by atoms with E-state index in [4.69, 9.17) is 4.74 Å². The Labute approximate surface area is 125 Å². The van der Waals surface area contributed by atoms with Crippen molar-refractivity contribution in [2.45, 2.75) is 56.9 Å². The number of alkyl halides is 2. The minimum absolute atomic E-state index is 0. The Hall–Kier alpha value is -0.420. The van der Waals surface area contributed by atoms with Gasteiger partial charge >= 0.3 is 5.97 Å². The summed E-state index contributed by atoms with van der Waals surface area (Å²) in [6.07, 6.45) is 3.74. The Balaban J connectivity index is 0.00000200. The Bertz CT molecular complexity index is 318. The summed E-state index contributed by atoms with van der Waals surface area (Å²) in [6, 6.07) is 0.273. The summed E-state index contributed by atoms with van der Waals surface area (Å²) in [4.78, 5) is 11.5. The Morgan fingerprint density at radius 1 is 1.30 bits per heavy atom. The maximum absolute atomic E-state index is 13.1. The summed E-state index contributed by atoms with van der Waals surface area (Å²) < 4.78 is 31.0. The first-order valence-electron chi connectivity index (χ1n) is 7.19. The largest absolute Gasteiger partial charge is 0.469 e. The van der Waals surface area contributed by atoms with Crippen molar-refractivity contribution in [3.8, 4) is 0 Å². The molecule has 0 amide bonds. The molecule has 0 radical (unpaired) electrons. The number of ether oxygens (including phenoxy) is 1. The van der Waals surface area contributed by atoms with Gasteiger partial charge in [-0.15, -0.1) is 12.4 Å². The third kappa shape index (κ3) is 4.85. The van der Waals surface area contributed by atoms with E-state index in [1.165, 1.54) is 7.11 Å². The normalized spacial score (nSPS) is 30.4. The van der Waals surface area contributed by atoms with Crippen LogP contribution in [-0.4, -0.2) is 31.6 Å². The quantitative estimate of drug-likeness (QED) is 0.814. The van der Waals surface area contributed by atoms with Gasteiger partial charge in [0.25, 0.3) is 0 Å². The minimum Gasteiger partial charge on any atom is -0.469 e. The van der Waals surface area contributed by atoms with Gasteiger partial charge in [-0.05, 0) is 44.6 Å². The van der Waals surface area contributed by atoms with E-state index in [0.717, 1.165) is 25.8 Å². The van der Waals surface area contributed by atoms with E-state index in [1.54, 1.807) is 0 Å². The van der Waals surface area contributed by atoms with Gasteiger partial charge in [0.1, 0.15) is 0 Å². The van der Waals surface area contributed by atoms with Crippen LogP contribution >= 0.6 is 12.4 Å². The van der Waals surface area contributed by atoms with Crippen molar-refractivity contribution in [2.24, 2.45) is 11.8 Å². The van der Waals surface area contributed by atoms with Gasteiger partial charge < -0.3 is 10.1 Å². The van der Waals surface area contributed by atoms with Gasteiger partial charge in [0.05, 0.1) is 13.0 Å². The second-order valence-corrected chi connectivity index (χ2v) is 5.93. The molecular formula is C14H24ClF2NO2. The highest BCUT2D eigenvalue weighted by Gasteiger charge is 2.36. The number of piperidine rings is 1. The van der Waals surface area contributed by atoms with Crippen LogP contribution in [0.5, 0.6) is 0 Å². The average molecular weight is 312 g/mol. The Kier molecular flexibility index (Phi) is 6.65. The molecule has 1 aliphatic carbocycles. The maximum Gasteiger partial charge on any atom is 0.308 e. The van der Waals surface area contributed by atoms with Crippen molar-refractivity contribution in [1.82, 2.24) is 5.32 Å². The van der Waals surface area contributed by atoms with Crippen molar-refractivity contribution in [3.05, 3.63) is 0 Å². The molecule has 0 bridgehead atoms. The molecule has 2 atom stereocenters. The van der Waals surface area contributed by atoms with E-state index in [-0.39, 0.29) is 43.2 Å². The van der Waals surface area contributed by atoms with E-state index in [2.05, 4.69) is 5.32 Å². The number of esters is 1. The smallest absolute Gasteiger partial charge is 0.308 e. The van der Waals surface area contributed by atoms with Gasteiger partial charge in [-0.1, -0.05) is 0 Å². The zero-order valence-electron chi connectivity index (χ0n) is 11.9. The fourth-order valence-electron chi connectivity index (χ4n) is 3.30. The molecule has 1 saturated carbocycles. The van der Waals surface area contributed by atoms with Crippen LogP contribution in [0.3, 0.4) is 0 Å². The number of nitrogens with one attached hydrogen (secondary N) is 1. The number of halogens is 3. The molecule has 6 heteroatoms. The molecule has 3 nitrogen and oxygen atoms in total. The molecule has 1 N–H and O–H groups in total. The van der Waals surface area contributed by atoms with Crippen LogP contribution in [0.1, 0.15) is 44.9 Å².